The Morgan fingerprint density at radius 2 is 2.33 bits per heavy atom. The van der Waals surface area contributed by atoms with Crippen molar-refractivity contribution < 1.29 is 0 Å². The lowest BCUT2D eigenvalue weighted by atomic mass is 10.1. The van der Waals surface area contributed by atoms with Crippen LogP contribution in [0.3, 0.4) is 0 Å². The highest BCUT2D eigenvalue weighted by Crippen LogP contribution is 2.26. The fourth-order valence-corrected chi connectivity index (χ4v) is 3.38. The second-order valence-corrected chi connectivity index (χ2v) is 6.09. The minimum absolute atomic E-state index is 0.412. The number of nitrogens with zero attached hydrogens (tertiary/aromatic N) is 1. The maximum Gasteiger partial charge on any atom is 0.103 e. The summed E-state index contributed by atoms with van der Waals surface area (Å²) >= 11 is 3.56. The van der Waals surface area contributed by atoms with E-state index in [0.29, 0.717) is 6.04 Å². The lowest BCUT2D eigenvalue weighted by Crippen LogP contribution is -2.17. The summed E-state index contributed by atoms with van der Waals surface area (Å²) in [4.78, 5) is 5.62. The van der Waals surface area contributed by atoms with Crippen molar-refractivity contribution in [2.75, 3.05) is 6.54 Å². The zero-order valence-corrected chi connectivity index (χ0v) is 12.4. The molecule has 0 fully saturated rings. The molecule has 0 amide bonds. The van der Waals surface area contributed by atoms with Crippen molar-refractivity contribution in [3.8, 4) is 0 Å². The summed E-state index contributed by atoms with van der Waals surface area (Å²) in [5, 5.41) is 6.65. The van der Waals surface area contributed by atoms with Gasteiger partial charge in [0, 0.05) is 22.5 Å². The van der Waals surface area contributed by atoms with Crippen LogP contribution in [0.4, 0.5) is 0 Å². The topological polar surface area (TPSA) is 24.9 Å². The number of thiazole rings is 1. The Morgan fingerprint density at radius 3 is 3.06 bits per heavy atom. The molecule has 1 heterocycles. The van der Waals surface area contributed by atoms with Gasteiger partial charge in [0.25, 0.3) is 0 Å². The fourth-order valence-electron chi connectivity index (χ4n) is 1.77. The van der Waals surface area contributed by atoms with E-state index < -0.39 is 0 Å². The molecule has 0 aliphatic heterocycles. The number of hydrogen-bond acceptors (Lipinski definition) is 4. The number of rotatable bonds is 6. The van der Waals surface area contributed by atoms with Crippen molar-refractivity contribution >= 4 is 23.1 Å². The van der Waals surface area contributed by atoms with Crippen LogP contribution in [0.25, 0.3) is 0 Å². The Morgan fingerprint density at radius 1 is 1.44 bits per heavy atom. The van der Waals surface area contributed by atoms with E-state index in [1.165, 1.54) is 15.5 Å². The maximum atomic E-state index is 4.30. The molecule has 1 aromatic heterocycles. The van der Waals surface area contributed by atoms with E-state index in [1.54, 1.807) is 11.3 Å². The normalized spacial score (nSPS) is 12.6. The molecule has 1 aromatic carbocycles. The van der Waals surface area contributed by atoms with Crippen LogP contribution in [0.1, 0.15) is 30.5 Å². The average Bonchev–Trinajstić information content (AvgIpc) is 2.90. The maximum absolute atomic E-state index is 4.30. The van der Waals surface area contributed by atoms with Gasteiger partial charge in [-0.25, -0.2) is 4.98 Å². The molecule has 0 bridgehead atoms. The van der Waals surface area contributed by atoms with Crippen molar-refractivity contribution in [1.82, 2.24) is 10.3 Å². The van der Waals surface area contributed by atoms with Gasteiger partial charge >= 0.3 is 0 Å². The summed E-state index contributed by atoms with van der Waals surface area (Å²) in [6, 6.07) is 9.16. The standard InChI is InChI=1S/C14H18N2S2/c1-3-15-11(2)12-5-4-6-13(9-12)18-10-14-16-7-8-17-14/h4-9,11,15H,3,10H2,1-2H3. The Bertz CT molecular complexity index is 468. The molecule has 4 heteroatoms. The number of benzene rings is 1. The van der Waals surface area contributed by atoms with Gasteiger partial charge in [-0.1, -0.05) is 19.1 Å². The van der Waals surface area contributed by atoms with Crippen molar-refractivity contribution in [2.24, 2.45) is 0 Å². The van der Waals surface area contributed by atoms with E-state index in [0.717, 1.165) is 12.3 Å². The number of hydrogen-bond donors (Lipinski definition) is 1. The molecule has 2 aromatic rings. The minimum Gasteiger partial charge on any atom is -0.310 e. The second-order valence-electron chi connectivity index (χ2n) is 4.07. The van der Waals surface area contributed by atoms with Gasteiger partial charge in [-0.15, -0.1) is 23.1 Å². The highest BCUT2D eigenvalue weighted by atomic mass is 32.2. The van der Waals surface area contributed by atoms with Gasteiger partial charge < -0.3 is 5.32 Å². The van der Waals surface area contributed by atoms with Crippen molar-refractivity contribution in [3.05, 3.63) is 46.4 Å². The molecular weight excluding hydrogens is 260 g/mol. The monoisotopic (exact) mass is 278 g/mol. The first-order valence-electron chi connectivity index (χ1n) is 6.14. The van der Waals surface area contributed by atoms with Gasteiger partial charge in [0.15, 0.2) is 0 Å². The van der Waals surface area contributed by atoms with Gasteiger partial charge in [0.05, 0.1) is 5.75 Å². The van der Waals surface area contributed by atoms with Crippen LogP contribution >= 0.6 is 23.1 Å². The van der Waals surface area contributed by atoms with Crippen LogP contribution in [-0.2, 0) is 5.75 Å². The zero-order valence-electron chi connectivity index (χ0n) is 10.7. The van der Waals surface area contributed by atoms with E-state index in [2.05, 4.69) is 48.4 Å². The van der Waals surface area contributed by atoms with Crippen LogP contribution in [-0.4, -0.2) is 11.5 Å². The lowest BCUT2D eigenvalue weighted by Gasteiger charge is -2.13. The molecule has 1 unspecified atom stereocenters. The number of thioether (sulfide) groups is 1. The minimum atomic E-state index is 0.412. The fraction of sp³-hybridized carbons (Fsp3) is 0.357. The van der Waals surface area contributed by atoms with E-state index >= 15 is 0 Å². The van der Waals surface area contributed by atoms with Gasteiger partial charge in [-0.3, -0.25) is 0 Å². The molecule has 0 aliphatic rings. The van der Waals surface area contributed by atoms with E-state index in [-0.39, 0.29) is 0 Å². The first kappa shape index (κ1) is 13.6. The molecule has 0 saturated carbocycles. The van der Waals surface area contributed by atoms with Gasteiger partial charge in [-0.2, -0.15) is 0 Å². The Labute approximate surface area is 117 Å². The zero-order chi connectivity index (χ0) is 12.8. The van der Waals surface area contributed by atoms with Crippen LogP contribution in [0.15, 0.2) is 40.7 Å². The average molecular weight is 278 g/mol. The first-order valence-corrected chi connectivity index (χ1v) is 8.00. The van der Waals surface area contributed by atoms with Crippen molar-refractivity contribution in [2.45, 2.75) is 30.5 Å². The van der Waals surface area contributed by atoms with E-state index in [1.807, 2.05) is 23.3 Å². The molecule has 0 spiro atoms. The predicted octanol–water partition coefficient (Wildman–Crippen LogP) is 4.11. The Kier molecular flexibility index (Phi) is 5.23. The molecule has 0 radical (unpaired) electrons. The molecule has 18 heavy (non-hydrogen) atoms. The van der Waals surface area contributed by atoms with Crippen molar-refractivity contribution in [3.63, 3.8) is 0 Å². The highest BCUT2D eigenvalue weighted by molar-refractivity contribution is 7.98. The second kappa shape index (κ2) is 6.92. The summed E-state index contributed by atoms with van der Waals surface area (Å²) in [7, 11) is 0. The Hall–Kier alpha value is -0.840. The largest absolute Gasteiger partial charge is 0.310 e. The molecule has 2 rings (SSSR count). The summed E-state index contributed by atoms with van der Waals surface area (Å²) in [6.07, 6.45) is 1.87. The van der Waals surface area contributed by atoms with Gasteiger partial charge in [-0.05, 0) is 31.2 Å². The molecule has 0 aliphatic carbocycles. The van der Waals surface area contributed by atoms with Crippen LogP contribution in [0.2, 0.25) is 0 Å². The number of nitrogens with one attached hydrogen (secondary N) is 1. The third kappa shape index (κ3) is 3.83. The molecule has 1 atom stereocenters. The van der Waals surface area contributed by atoms with E-state index in [9.17, 15) is 0 Å². The summed E-state index contributed by atoms with van der Waals surface area (Å²) in [5.41, 5.74) is 1.35. The van der Waals surface area contributed by atoms with Crippen molar-refractivity contribution in [1.29, 1.82) is 0 Å². The summed E-state index contributed by atoms with van der Waals surface area (Å²) in [5.74, 6) is 0.955. The smallest absolute Gasteiger partial charge is 0.103 e. The summed E-state index contributed by atoms with van der Waals surface area (Å²) < 4.78 is 0. The molecule has 2 nitrogen and oxygen atoms in total. The van der Waals surface area contributed by atoms with E-state index in [4.69, 9.17) is 0 Å². The van der Waals surface area contributed by atoms with Gasteiger partial charge in [0.1, 0.15) is 5.01 Å². The lowest BCUT2D eigenvalue weighted by molar-refractivity contribution is 0.597. The third-order valence-electron chi connectivity index (χ3n) is 2.71. The van der Waals surface area contributed by atoms with Crippen LogP contribution in [0, 0.1) is 0 Å². The molecular formula is C14H18N2S2. The van der Waals surface area contributed by atoms with Gasteiger partial charge in [0.2, 0.25) is 0 Å². The highest BCUT2D eigenvalue weighted by Gasteiger charge is 2.05. The molecule has 0 saturated heterocycles. The van der Waals surface area contributed by atoms with Crippen LogP contribution in [0.5, 0.6) is 0 Å². The first-order chi connectivity index (χ1) is 8.79. The molecule has 96 valence electrons. The quantitative estimate of drug-likeness (QED) is 0.805. The van der Waals surface area contributed by atoms with Crippen LogP contribution < -0.4 is 5.32 Å². The number of aromatic nitrogens is 1. The SMILES string of the molecule is CCNC(C)c1cccc(SCc2nccs2)c1. The Balaban J connectivity index is 1.98. The summed E-state index contributed by atoms with van der Waals surface area (Å²) in [6.45, 7) is 5.34. The predicted molar refractivity (Wildman–Crippen MR) is 80.2 cm³/mol. The third-order valence-corrected chi connectivity index (χ3v) is 4.68. The molecule has 1 N–H and O–H groups in total.